The molecule has 1 aliphatic rings. The van der Waals surface area contributed by atoms with Gasteiger partial charge in [0.2, 0.25) is 27.5 Å². The Morgan fingerprint density at radius 3 is 2.58 bits per heavy atom. The molecule has 0 unspecified atom stereocenters. The normalized spacial score (nSPS) is 15.3. The van der Waals surface area contributed by atoms with Crippen LogP contribution in [0.25, 0.3) is 11.5 Å². The van der Waals surface area contributed by atoms with Crippen molar-refractivity contribution in [3.05, 3.63) is 42.6 Å². The molecule has 2 aromatic rings. The maximum Gasteiger partial charge on any atom is 0.243 e. The van der Waals surface area contributed by atoms with Gasteiger partial charge in [0.1, 0.15) is 6.07 Å². The Morgan fingerprint density at radius 1 is 1.27 bits per heavy atom. The number of aromatic nitrogens is 1. The van der Waals surface area contributed by atoms with Crippen molar-refractivity contribution in [2.24, 2.45) is 0 Å². The van der Waals surface area contributed by atoms with E-state index in [4.69, 9.17) is 9.68 Å². The fourth-order valence-corrected chi connectivity index (χ4v) is 4.34. The first-order chi connectivity index (χ1) is 12.6. The van der Waals surface area contributed by atoms with Crippen molar-refractivity contribution < 1.29 is 12.8 Å². The van der Waals surface area contributed by atoms with Gasteiger partial charge in [0.15, 0.2) is 0 Å². The van der Waals surface area contributed by atoms with Crippen molar-refractivity contribution in [3.8, 4) is 17.5 Å². The molecule has 26 heavy (non-hydrogen) atoms. The van der Waals surface area contributed by atoms with E-state index in [0.717, 1.165) is 19.3 Å². The van der Waals surface area contributed by atoms with E-state index < -0.39 is 10.0 Å². The minimum absolute atomic E-state index is 0.145. The zero-order chi connectivity index (χ0) is 18.6. The van der Waals surface area contributed by atoms with Gasteiger partial charge < -0.3 is 9.73 Å². The van der Waals surface area contributed by atoms with Crippen LogP contribution in [0.3, 0.4) is 0 Å². The predicted molar refractivity (Wildman–Crippen MR) is 98.0 cm³/mol. The van der Waals surface area contributed by atoms with E-state index in [-0.39, 0.29) is 22.4 Å². The highest BCUT2D eigenvalue weighted by Crippen LogP contribution is 2.27. The third-order valence-corrected chi connectivity index (χ3v) is 6.11. The summed E-state index contributed by atoms with van der Waals surface area (Å²) >= 11 is 0. The van der Waals surface area contributed by atoms with Crippen molar-refractivity contribution in [2.75, 3.05) is 25.0 Å². The lowest BCUT2D eigenvalue weighted by molar-refractivity contribution is 0.346. The zero-order valence-corrected chi connectivity index (χ0v) is 15.1. The van der Waals surface area contributed by atoms with E-state index >= 15 is 0 Å². The Bertz CT molecular complexity index is 920. The number of oxazole rings is 1. The molecular formula is C18H20N4O3S. The molecule has 1 aliphatic heterocycles. The number of hydrogen-bond acceptors (Lipinski definition) is 6. The minimum atomic E-state index is -3.47. The van der Waals surface area contributed by atoms with Crippen LogP contribution < -0.4 is 5.32 Å². The van der Waals surface area contributed by atoms with Gasteiger partial charge in [-0.1, -0.05) is 12.5 Å². The molecule has 0 amide bonds. The lowest BCUT2D eigenvalue weighted by Crippen LogP contribution is -2.35. The van der Waals surface area contributed by atoms with Gasteiger partial charge in [0.05, 0.1) is 4.90 Å². The molecule has 1 N–H and O–H groups in total. The van der Waals surface area contributed by atoms with Crippen molar-refractivity contribution in [1.82, 2.24) is 9.29 Å². The summed E-state index contributed by atoms with van der Waals surface area (Å²) < 4.78 is 32.5. The van der Waals surface area contributed by atoms with Gasteiger partial charge >= 0.3 is 0 Å². The van der Waals surface area contributed by atoms with Crippen LogP contribution >= 0.6 is 0 Å². The Balaban J connectivity index is 1.84. The van der Waals surface area contributed by atoms with Crippen LogP contribution in [0.15, 0.2) is 46.2 Å². The van der Waals surface area contributed by atoms with Gasteiger partial charge in [-0.25, -0.2) is 8.42 Å². The maximum absolute atomic E-state index is 12.7. The van der Waals surface area contributed by atoms with Crippen LogP contribution in [-0.2, 0) is 10.0 Å². The van der Waals surface area contributed by atoms with Gasteiger partial charge in [-0.2, -0.15) is 14.6 Å². The molecule has 3 rings (SSSR count). The number of nitrogens with zero attached hydrogens (tertiary/aromatic N) is 3. The van der Waals surface area contributed by atoms with Gasteiger partial charge in [-0.15, -0.1) is 6.58 Å². The summed E-state index contributed by atoms with van der Waals surface area (Å²) in [5.41, 5.74) is 0.748. The van der Waals surface area contributed by atoms with Gasteiger partial charge in [-0.3, -0.25) is 0 Å². The Morgan fingerprint density at radius 2 is 1.96 bits per heavy atom. The second-order valence-electron chi connectivity index (χ2n) is 5.97. The van der Waals surface area contributed by atoms with Crippen molar-refractivity contribution in [2.45, 2.75) is 24.2 Å². The quantitative estimate of drug-likeness (QED) is 0.783. The molecule has 0 spiro atoms. The Labute approximate surface area is 153 Å². The van der Waals surface area contributed by atoms with Gasteiger partial charge in [0.25, 0.3) is 0 Å². The summed E-state index contributed by atoms with van der Waals surface area (Å²) in [6, 6.07) is 8.34. The van der Waals surface area contributed by atoms with E-state index in [1.54, 1.807) is 30.3 Å². The van der Waals surface area contributed by atoms with Crippen LogP contribution in [-0.4, -0.2) is 37.3 Å². The minimum Gasteiger partial charge on any atom is -0.419 e. The Hall–Kier alpha value is -2.63. The van der Waals surface area contributed by atoms with Crippen LogP contribution in [0.2, 0.25) is 0 Å². The Kier molecular flexibility index (Phi) is 5.40. The summed E-state index contributed by atoms with van der Waals surface area (Å²) in [4.78, 5) is 4.40. The van der Waals surface area contributed by atoms with Gasteiger partial charge in [0, 0.05) is 25.2 Å². The average molecular weight is 372 g/mol. The standard InChI is InChI=1S/C18H20N4O3S/c1-2-10-20-18-16(13-19)21-17(25-18)14-6-8-15(9-7-14)26(23,24)22-11-4-3-5-12-22/h2,6-9,20H,1,3-5,10-12H2. The van der Waals surface area contributed by atoms with Crippen molar-refractivity contribution in [3.63, 3.8) is 0 Å². The van der Waals surface area contributed by atoms with Gasteiger partial charge in [-0.05, 0) is 37.1 Å². The molecule has 7 nitrogen and oxygen atoms in total. The summed E-state index contributed by atoms with van der Waals surface area (Å²) in [7, 11) is -3.47. The lowest BCUT2D eigenvalue weighted by atomic mass is 10.2. The molecule has 0 radical (unpaired) electrons. The summed E-state index contributed by atoms with van der Waals surface area (Å²) in [6.45, 7) is 5.17. The monoisotopic (exact) mass is 372 g/mol. The first kappa shape index (κ1) is 18.2. The van der Waals surface area contributed by atoms with E-state index in [2.05, 4.69) is 16.9 Å². The van der Waals surface area contributed by atoms with Crippen LogP contribution in [0.5, 0.6) is 0 Å². The highest BCUT2D eigenvalue weighted by molar-refractivity contribution is 7.89. The molecule has 0 saturated carbocycles. The fourth-order valence-electron chi connectivity index (χ4n) is 2.83. The summed E-state index contributed by atoms with van der Waals surface area (Å²) in [5, 5.41) is 12.1. The topological polar surface area (TPSA) is 99.2 Å². The third-order valence-electron chi connectivity index (χ3n) is 4.19. The maximum atomic E-state index is 12.7. The fraction of sp³-hybridized carbons (Fsp3) is 0.333. The number of rotatable bonds is 6. The van der Waals surface area contributed by atoms with E-state index in [1.807, 2.05) is 6.07 Å². The van der Waals surface area contributed by atoms with E-state index in [1.165, 1.54) is 4.31 Å². The largest absolute Gasteiger partial charge is 0.419 e. The second-order valence-corrected chi connectivity index (χ2v) is 7.91. The van der Waals surface area contributed by atoms with E-state index in [9.17, 15) is 8.42 Å². The molecule has 136 valence electrons. The molecule has 1 aromatic carbocycles. The summed E-state index contributed by atoms with van der Waals surface area (Å²) in [5.74, 6) is 0.530. The first-order valence-electron chi connectivity index (χ1n) is 8.42. The number of hydrogen-bond donors (Lipinski definition) is 1. The molecule has 8 heteroatoms. The second kappa shape index (κ2) is 7.72. The van der Waals surface area contributed by atoms with Crippen LogP contribution in [0.4, 0.5) is 5.88 Å². The van der Waals surface area contributed by atoms with Crippen molar-refractivity contribution in [1.29, 1.82) is 5.26 Å². The van der Waals surface area contributed by atoms with Crippen LogP contribution in [0.1, 0.15) is 25.0 Å². The molecule has 0 atom stereocenters. The lowest BCUT2D eigenvalue weighted by Gasteiger charge is -2.25. The van der Waals surface area contributed by atoms with Crippen molar-refractivity contribution >= 4 is 15.9 Å². The highest BCUT2D eigenvalue weighted by atomic mass is 32.2. The number of piperidine rings is 1. The molecule has 0 bridgehead atoms. The third kappa shape index (κ3) is 3.64. The number of nitriles is 1. The number of sulfonamides is 1. The number of benzene rings is 1. The first-order valence-corrected chi connectivity index (χ1v) is 9.86. The van der Waals surface area contributed by atoms with E-state index in [0.29, 0.717) is 25.2 Å². The summed E-state index contributed by atoms with van der Waals surface area (Å²) in [6.07, 6.45) is 4.50. The van der Waals surface area contributed by atoms with Crippen LogP contribution in [0, 0.1) is 11.3 Å². The number of nitrogens with one attached hydrogen (secondary N) is 1. The molecule has 2 heterocycles. The number of anilines is 1. The molecule has 1 fully saturated rings. The molecule has 0 aliphatic carbocycles. The zero-order valence-electron chi connectivity index (χ0n) is 14.3. The highest BCUT2D eigenvalue weighted by Gasteiger charge is 2.26. The molecule has 1 aromatic heterocycles. The SMILES string of the molecule is C=CCNc1oc(-c2ccc(S(=O)(=O)N3CCCCC3)cc2)nc1C#N. The predicted octanol–water partition coefficient (Wildman–Crippen LogP) is 2.99. The average Bonchev–Trinajstić information content (AvgIpc) is 3.10. The molecule has 1 saturated heterocycles. The molecular weight excluding hydrogens is 352 g/mol. The smallest absolute Gasteiger partial charge is 0.243 e.